The average molecular weight is 129 g/mol. The summed E-state index contributed by atoms with van der Waals surface area (Å²) in [6.45, 7) is 3.13. The predicted molar refractivity (Wildman–Crippen MR) is 34.6 cm³/mol. The molecule has 0 saturated heterocycles. The summed E-state index contributed by atoms with van der Waals surface area (Å²) in [5, 5.41) is 8.69. The van der Waals surface area contributed by atoms with Crippen LogP contribution in [0.3, 0.4) is 0 Å². The van der Waals surface area contributed by atoms with E-state index in [1.54, 1.807) is 13.8 Å². The van der Waals surface area contributed by atoms with Gasteiger partial charge < -0.3 is 10.8 Å². The number of carbonyl (C=O) groups is 1. The lowest BCUT2D eigenvalue weighted by molar-refractivity contribution is -0.114. The average Bonchev–Trinajstić information content (AvgIpc) is 1.63. The van der Waals surface area contributed by atoms with Crippen molar-refractivity contribution in [2.75, 3.05) is 0 Å². The van der Waals surface area contributed by atoms with Gasteiger partial charge in [0, 0.05) is 5.57 Å². The van der Waals surface area contributed by atoms with E-state index in [2.05, 4.69) is 0 Å². The number of nitrogens with two attached hydrogens (primary N) is 1. The molecule has 3 nitrogen and oxygen atoms in total. The Kier molecular flexibility index (Phi) is 2.95. The molecule has 0 aliphatic rings. The minimum absolute atomic E-state index is 0.394. The fourth-order valence-electron chi connectivity index (χ4n) is 0.444. The van der Waals surface area contributed by atoms with Crippen LogP contribution in [0, 0.1) is 0 Å². The van der Waals surface area contributed by atoms with Gasteiger partial charge >= 0.3 is 0 Å². The third kappa shape index (κ3) is 3.73. The van der Waals surface area contributed by atoms with E-state index in [9.17, 15) is 4.79 Å². The molecular formula is C6H11NO2. The Labute approximate surface area is 54.2 Å². The second-order valence-electron chi connectivity index (χ2n) is 1.95. The van der Waals surface area contributed by atoms with Gasteiger partial charge in [0.25, 0.3) is 0 Å². The summed E-state index contributed by atoms with van der Waals surface area (Å²) in [7, 11) is 0. The summed E-state index contributed by atoms with van der Waals surface area (Å²) in [5.74, 6) is -0.490. The molecule has 1 unspecified atom stereocenters. The Morgan fingerprint density at radius 3 is 2.33 bits per heavy atom. The van der Waals surface area contributed by atoms with E-state index in [0.717, 1.165) is 0 Å². The molecule has 0 aromatic rings. The predicted octanol–water partition coefficient (Wildman–Crippen LogP) is -0.201. The molecule has 0 aromatic heterocycles. The first-order valence-corrected chi connectivity index (χ1v) is 2.70. The lowest BCUT2D eigenvalue weighted by Gasteiger charge is -1.95. The van der Waals surface area contributed by atoms with Crippen LogP contribution < -0.4 is 5.73 Å². The standard InChI is InChI=1S/C6H11NO2/c1-4(6(7)9)3-5(2)8/h3,5,8H,1-2H3,(H2,7,9)/b4-3+. The number of amides is 1. The van der Waals surface area contributed by atoms with Gasteiger partial charge in [0.2, 0.25) is 5.91 Å². The third-order valence-corrected chi connectivity index (χ3v) is 0.880. The van der Waals surface area contributed by atoms with Crippen molar-refractivity contribution in [3.05, 3.63) is 11.6 Å². The second-order valence-corrected chi connectivity index (χ2v) is 1.95. The van der Waals surface area contributed by atoms with Crippen LogP contribution in [0.1, 0.15) is 13.8 Å². The van der Waals surface area contributed by atoms with E-state index in [1.807, 2.05) is 0 Å². The highest BCUT2D eigenvalue weighted by molar-refractivity contribution is 5.91. The molecule has 0 aromatic carbocycles. The monoisotopic (exact) mass is 129 g/mol. The molecule has 3 N–H and O–H groups in total. The van der Waals surface area contributed by atoms with Crippen LogP contribution in [0.4, 0.5) is 0 Å². The van der Waals surface area contributed by atoms with Crippen LogP contribution >= 0.6 is 0 Å². The first-order valence-electron chi connectivity index (χ1n) is 2.70. The first kappa shape index (κ1) is 8.17. The van der Waals surface area contributed by atoms with E-state index in [1.165, 1.54) is 6.08 Å². The first-order chi connectivity index (χ1) is 4.04. The van der Waals surface area contributed by atoms with Gasteiger partial charge in [-0.05, 0) is 19.9 Å². The summed E-state index contributed by atoms with van der Waals surface area (Å²) >= 11 is 0. The van der Waals surface area contributed by atoms with Gasteiger partial charge in [0.15, 0.2) is 0 Å². The molecule has 0 bridgehead atoms. The number of carbonyl (C=O) groups excluding carboxylic acids is 1. The van der Waals surface area contributed by atoms with Crippen molar-refractivity contribution in [2.45, 2.75) is 20.0 Å². The molecule has 0 aliphatic carbocycles. The topological polar surface area (TPSA) is 63.3 Å². The molecule has 0 fully saturated rings. The molecule has 1 amide bonds. The molecule has 52 valence electrons. The number of hydrogen-bond acceptors (Lipinski definition) is 2. The van der Waals surface area contributed by atoms with Gasteiger partial charge in [-0.3, -0.25) is 4.79 Å². The Morgan fingerprint density at radius 2 is 2.22 bits per heavy atom. The molecule has 0 aliphatic heterocycles. The van der Waals surface area contributed by atoms with Crippen LogP contribution in [0.15, 0.2) is 11.6 Å². The molecule has 0 heterocycles. The van der Waals surface area contributed by atoms with Gasteiger partial charge in [-0.25, -0.2) is 0 Å². The smallest absolute Gasteiger partial charge is 0.244 e. The molecule has 1 atom stereocenters. The highest BCUT2D eigenvalue weighted by atomic mass is 16.3. The SMILES string of the molecule is C/C(=C\C(C)O)C(N)=O. The number of primary amides is 1. The molecule has 0 radical (unpaired) electrons. The highest BCUT2D eigenvalue weighted by Gasteiger charge is 1.97. The van der Waals surface area contributed by atoms with Crippen LogP contribution in [0.5, 0.6) is 0 Å². The fraction of sp³-hybridized carbons (Fsp3) is 0.500. The van der Waals surface area contributed by atoms with E-state index in [-0.39, 0.29) is 0 Å². The minimum atomic E-state index is -0.600. The van der Waals surface area contributed by atoms with Gasteiger partial charge in [-0.2, -0.15) is 0 Å². The van der Waals surface area contributed by atoms with Crippen molar-refractivity contribution in [3.63, 3.8) is 0 Å². The number of aliphatic hydroxyl groups excluding tert-OH is 1. The quantitative estimate of drug-likeness (QED) is 0.507. The summed E-state index contributed by atoms with van der Waals surface area (Å²) in [6.07, 6.45) is 0.806. The van der Waals surface area contributed by atoms with Gasteiger partial charge in [-0.15, -0.1) is 0 Å². The zero-order valence-electron chi connectivity index (χ0n) is 5.59. The lowest BCUT2D eigenvalue weighted by atomic mass is 10.2. The van der Waals surface area contributed by atoms with Crippen molar-refractivity contribution in [1.82, 2.24) is 0 Å². The number of rotatable bonds is 2. The van der Waals surface area contributed by atoms with Gasteiger partial charge in [0.05, 0.1) is 6.10 Å². The molecule has 9 heavy (non-hydrogen) atoms. The van der Waals surface area contributed by atoms with E-state index < -0.39 is 12.0 Å². The third-order valence-electron chi connectivity index (χ3n) is 0.880. The normalized spacial score (nSPS) is 15.2. The maximum Gasteiger partial charge on any atom is 0.244 e. The highest BCUT2D eigenvalue weighted by Crippen LogP contribution is 1.92. The minimum Gasteiger partial charge on any atom is -0.389 e. The summed E-state index contributed by atoms with van der Waals surface area (Å²) < 4.78 is 0. The molecule has 0 saturated carbocycles. The van der Waals surface area contributed by atoms with Crippen molar-refractivity contribution < 1.29 is 9.90 Å². The summed E-state index contributed by atoms with van der Waals surface area (Å²) in [6, 6.07) is 0. The van der Waals surface area contributed by atoms with E-state index >= 15 is 0 Å². The zero-order chi connectivity index (χ0) is 7.44. The maximum atomic E-state index is 10.3. The Bertz CT molecular complexity index is 138. The Morgan fingerprint density at radius 1 is 1.78 bits per heavy atom. The molecule has 0 rings (SSSR count). The van der Waals surface area contributed by atoms with Crippen LogP contribution in [-0.2, 0) is 4.79 Å². The van der Waals surface area contributed by atoms with Crippen molar-refractivity contribution in [3.8, 4) is 0 Å². The number of hydrogen-bond donors (Lipinski definition) is 2. The van der Waals surface area contributed by atoms with Gasteiger partial charge in [-0.1, -0.05) is 0 Å². The second kappa shape index (κ2) is 3.25. The molecular weight excluding hydrogens is 118 g/mol. The summed E-state index contributed by atoms with van der Waals surface area (Å²) in [5.41, 5.74) is 5.26. The Balaban J connectivity index is 4.00. The zero-order valence-corrected chi connectivity index (χ0v) is 5.59. The molecule has 3 heteroatoms. The van der Waals surface area contributed by atoms with E-state index in [4.69, 9.17) is 10.8 Å². The fourth-order valence-corrected chi connectivity index (χ4v) is 0.444. The summed E-state index contributed by atoms with van der Waals surface area (Å²) in [4.78, 5) is 10.3. The van der Waals surface area contributed by atoms with Gasteiger partial charge in [0.1, 0.15) is 0 Å². The number of aliphatic hydroxyl groups is 1. The van der Waals surface area contributed by atoms with Crippen molar-refractivity contribution in [2.24, 2.45) is 5.73 Å². The van der Waals surface area contributed by atoms with Crippen LogP contribution in [0.2, 0.25) is 0 Å². The molecule has 0 spiro atoms. The maximum absolute atomic E-state index is 10.3. The van der Waals surface area contributed by atoms with E-state index in [0.29, 0.717) is 5.57 Å². The van der Waals surface area contributed by atoms with Crippen molar-refractivity contribution in [1.29, 1.82) is 0 Å². The van der Waals surface area contributed by atoms with Crippen molar-refractivity contribution >= 4 is 5.91 Å². The van der Waals surface area contributed by atoms with Crippen LogP contribution in [0.25, 0.3) is 0 Å². The lowest BCUT2D eigenvalue weighted by Crippen LogP contribution is -2.13. The Hall–Kier alpha value is -0.830. The van der Waals surface area contributed by atoms with Crippen LogP contribution in [-0.4, -0.2) is 17.1 Å². The largest absolute Gasteiger partial charge is 0.389 e.